The summed E-state index contributed by atoms with van der Waals surface area (Å²) in [7, 11) is 2.10. The van der Waals surface area contributed by atoms with Gasteiger partial charge in [-0.3, -0.25) is 9.69 Å². The summed E-state index contributed by atoms with van der Waals surface area (Å²) in [5, 5.41) is 2.12. The largest absolute Gasteiger partial charge is 0.330 e. The molecule has 2 aromatic rings. The Hall–Kier alpha value is -1.92. The predicted molar refractivity (Wildman–Crippen MR) is 96.3 cm³/mol. The van der Waals surface area contributed by atoms with Gasteiger partial charge in [-0.25, -0.2) is 4.98 Å². The predicted octanol–water partition coefficient (Wildman–Crippen LogP) is 0.234. The molecule has 1 aliphatic rings. The molecule has 5 nitrogen and oxygen atoms in total. The van der Waals surface area contributed by atoms with E-state index in [1.807, 2.05) is 23.2 Å². The molecule has 1 amide bonds. The molecule has 1 unspecified atom stereocenters. The lowest BCUT2D eigenvalue weighted by Gasteiger charge is -2.31. The number of hydrogen-bond donors (Lipinski definition) is 1. The topological polar surface area (TPSA) is 42.1 Å². The Bertz CT molecular complexity index is 665. The van der Waals surface area contributed by atoms with Crippen molar-refractivity contribution in [3.05, 3.63) is 46.3 Å². The number of anilines is 1. The third-order valence-electron chi connectivity index (χ3n) is 4.55. The minimum absolute atomic E-state index is 0.262. The summed E-state index contributed by atoms with van der Waals surface area (Å²) in [4.78, 5) is 22.7. The second kappa shape index (κ2) is 7.77. The van der Waals surface area contributed by atoms with Gasteiger partial charge in [0.15, 0.2) is 6.54 Å². The van der Waals surface area contributed by atoms with Crippen LogP contribution in [0.4, 0.5) is 5.82 Å². The first kappa shape index (κ1) is 16.9. The number of quaternary nitrogens is 1. The van der Waals surface area contributed by atoms with Crippen LogP contribution >= 0.6 is 11.3 Å². The van der Waals surface area contributed by atoms with Gasteiger partial charge >= 0.3 is 0 Å². The maximum absolute atomic E-state index is 12.5. The molecule has 0 aliphatic carbocycles. The van der Waals surface area contributed by atoms with Crippen molar-refractivity contribution in [2.45, 2.75) is 13.5 Å². The summed E-state index contributed by atoms with van der Waals surface area (Å²) in [5.41, 5.74) is 1.33. The minimum Gasteiger partial charge on any atom is -0.330 e. The number of H-pyrrole nitrogens is 1. The smallest absolute Gasteiger partial charge is 0.278 e. The molecule has 0 saturated carbocycles. The van der Waals surface area contributed by atoms with Gasteiger partial charge in [-0.1, -0.05) is 6.07 Å². The van der Waals surface area contributed by atoms with E-state index >= 15 is 0 Å². The number of aromatic nitrogens is 1. The minimum atomic E-state index is 0.262. The van der Waals surface area contributed by atoms with E-state index in [0.717, 1.165) is 38.5 Å². The molecular weight excluding hydrogens is 320 g/mol. The molecule has 2 aromatic heterocycles. The SMILES string of the molecule is Cc1ccsc1C[NH+](C)CC(=O)N1CCN(c2cccc[nH+]2)CC1. The number of carbonyl (C=O) groups is 1. The number of nitrogens with one attached hydrogen (secondary N) is 2. The molecule has 0 bridgehead atoms. The van der Waals surface area contributed by atoms with E-state index in [1.165, 1.54) is 15.3 Å². The van der Waals surface area contributed by atoms with Crippen molar-refractivity contribution in [1.82, 2.24) is 4.90 Å². The Balaban J connectivity index is 1.47. The quantitative estimate of drug-likeness (QED) is 0.842. The number of nitrogens with zero attached hydrogens (tertiary/aromatic N) is 2. The normalized spacial score (nSPS) is 16.2. The second-order valence-corrected chi connectivity index (χ2v) is 7.45. The molecule has 1 saturated heterocycles. The van der Waals surface area contributed by atoms with E-state index in [-0.39, 0.29) is 5.91 Å². The van der Waals surface area contributed by atoms with Crippen molar-refractivity contribution in [3.63, 3.8) is 0 Å². The molecule has 1 aliphatic heterocycles. The van der Waals surface area contributed by atoms with Crippen molar-refractivity contribution in [2.75, 3.05) is 44.7 Å². The summed E-state index contributed by atoms with van der Waals surface area (Å²) in [6.45, 7) is 6.99. The van der Waals surface area contributed by atoms with E-state index < -0.39 is 0 Å². The van der Waals surface area contributed by atoms with Gasteiger partial charge in [0, 0.05) is 6.07 Å². The van der Waals surface area contributed by atoms with Crippen LogP contribution in [-0.2, 0) is 11.3 Å². The number of amides is 1. The van der Waals surface area contributed by atoms with Crippen LogP contribution in [0.5, 0.6) is 0 Å². The maximum atomic E-state index is 12.5. The molecule has 0 aromatic carbocycles. The van der Waals surface area contributed by atoms with E-state index in [1.54, 1.807) is 11.3 Å². The lowest BCUT2D eigenvalue weighted by atomic mass is 10.2. The number of carbonyl (C=O) groups excluding carboxylic acids is 1. The fourth-order valence-corrected chi connectivity index (χ4v) is 4.09. The standard InChI is InChI=1S/C18H24N4OS/c1-15-6-12-24-16(15)13-20(2)14-18(23)22-10-8-21(9-11-22)17-5-3-4-7-19-17/h3-7,12H,8-11,13-14H2,1-2H3/p+2. The zero-order valence-corrected chi connectivity index (χ0v) is 15.2. The Morgan fingerprint density at radius 1 is 1.25 bits per heavy atom. The van der Waals surface area contributed by atoms with Crippen LogP contribution in [0.1, 0.15) is 10.4 Å². The molecule has 0 radical (unpaired) electrons. The zero-order chi connectivity index (χ0) is 16.9. The third-order valence-corrected chi connectivity index (χ3v) is 5.57. The van der Waals surface area contributed by atoms with Gasteiger partial charge in [0.25, 0.3) is 11.7 Å². The number of likely N-dealkylation sites (N-methyl/N-ethyl adjacent to an activating group) is 1. The molecule has 1 fully saturated rings. The highest BCUT2D eigenvalue weighted by Gasteiger charge is 2.27. The van der Waals surface area contributed by atoms with Crippen molar-refractivity contribution in [2.24, 2.45) is 0 Å². The van der Waals surface area contributed by atoms with Crippen LogP contribution in [0, 0.1) is 6.92 Å². The average molecular weight is 347 g/mol. The Morgan fingerprint density at radius 2 is 2.04 bits per heavy atom. The second-order valence-electron chi connectivity index (χ2n) is 6.45. The van der Waals surface area contributed by atoms with Crippen LogP contribution in [0.15, 0.2) is 35.8 Å². The van der Waals surface area contributed by atoms with Gasteiger partial charge in [0.1, 0.15) is 19.6 Å². The third kappa shape index (κ3) is 4.13. The Labute approximate surface area is 147 Å². The van der Waals surface area contributed by atoms with Crippen molar-refractivity contribution < 1.29 is 14.7 Å². The average Bonchev–Trinajstić information content (AvgIpc) is 3.00. The molecule has 2 N–H and O–H groups in total. The van der Waals surface area contributed by atoms with E-state index in [2.05, 4.69) is 41.4 Å². The number of piperazine rings is 1. The maximum Gasteiger partial charge on any atom is 0.278 e. The van der Waals surface area contributed by atoms with Crippen molar-refractivity contribution in [1.29, 1.82) is 0 Å². The van der Waals surface area contributed by atoms with Crippen LogP contribution in [0.3, 0.4) is 0 Å². The highest BCUT2D eigenvalue weighted by atomic mass is 32.1. The zero-order valence-electron chi connectivity index (χ0n) is 14.4. The number of hydrogen-bond acceptors (Lipinski definition) is 3. The summed E-state index contributed by atoms with van der Waals surface area (Å²) in [6.07, 6.45) is 1.94. The van der Waals surface area contributed by atoms with Crippen LogP contribution in [0.25, 0.3) is 0 Å². The van der Waals surface area contributed by atoms with Gasteiger partial charge < -0.3 is 9.80 Å². The highest BCUT2D eigenvalue weighted by molar-refractivity contribution is 7.10. The molecule has 6 heteroatoms. The Kier molecular flexibility index (Phi) is 5.48. The summed E-state index contributed by atoms with van der Waals surface area (Å²) >= 11 is 1.78. The molecule has 0 spiro atoms. The molecule has 24 heavy (non-hydrogen) atoms. The number of aromatic amines is 1. The molecular formula is C18H26N4OS+2. The first-order chi connectivity index (χ1) is 11.6. The Morgan fingerprint density at radius 3 is 2.67 bits per heavy atom. The van der Waals surface area contributed by atoms with Crippen LogP contribution in [-0.4, -0.2) is 50.6 Å². The number of aryl methyl sites for hydroxylation is 1. The van der Waals surface area contributed by atoms with Crippen molar-refractivity contribution in [3.8, 4) is 0 Å². The van der Waals surface area contributed by atoms with E-state index in [9.17, 15) is 4.79 Å². The summed E-state index contributed by atoms with van der Waals surface area (Å²) < 4.78 is 0. The molecule has 3 rings (SSSR count). The van der Waals surface area contributed by atoms with E-state index in [0.29, 0.717) is 6.54 Å². The van der Waals surface area contributed by atoms with Gasteiger partial charge in [-0.05, 0) is 30.0 Å². The van der Waals surface area contributed by atoms with Crippen LogP contribution in [0.2, 0.25) is 0 Å². The highest BCUT2D eigenvalue weighted by Crippen LogP contribution is 2.13. The lowest BCUT2D eigenvalue weighted by molar-refractivity contribution is -0.885. The number of pyridine rings is 1. The number of thiophene rings is 1. The lowest BCUT2D eigenvalue weighted by Crippen LogP contribution is -3.08. The van der Waals surface area contributed by atoms with Gasteiger partial charge in [0.2, 0.25) is 0 Å². The van der Waals surface area contributed by atoms with E-state index in [4.69, 9.17) is 0 Å². The first-order valence-corrected chi connectivity index (χ1v) is 9.35. The fraction of sp³-hybridized carbons (Fsp3) is 0.444. The van der Waals surface area contributed by atoms with Gasteiger partial charge in [-0.15, -0.1) is 11.3 Å². The first-order valence-electron chi connectivity index (χ1n) is 8.47. The molecule has 3 heterocycles. The van der Waals surface area contributed by atoms with Gasteiger partial charge in [0.05, 0.1) is 31.2 Å². The number of rotatable bonds is 5. The van der Waals surface area contributed by atoms with Crippen molar-refractivity contribution >= 4 is 23.1 Å². The summed E-state index contributed by atoms with van der Waals surface area (Å²) in [6, 6.07) is 8.25. The van der Waals surface area contributed by atoms with Gasteiger partial charge in [-0.2, -0.15) is 0 Å². The van der Waals surface area contributed by atoms with Crippen LogP contribution < -0.4 is 14.8 Å². The molecule has 1 atom stereocenters. The summed E-state index contributed by atoms with van der Waals surface area (Å²) in [5.74, 6) is 1.39. The monoisotopic (exact) mass is 346 g/mol. The fourth-order valence-electron chi connectivity index (χ4n) is 3.07. The molecule has 128 valence electrons.